The molecule has 14 heavy (non-hydrogen) atoms. The molecule has 0 fully saturated rings. The van der Waals surface area contributed by atoms with Crippen molar-refractivity contribution >= 4 is 5.97 Å². The predicted molar refractivity (Wildman–Crippen MR) is 47.3 cm³/mol. The third-order valence-electron chi connectivity index (χ3n) is 2.62. The standard InChI is InChI=1S/C9H12N2O3/c1-13-8(12)9(10)4-2-3-6-5-11-14-7(6)9/h5H,2-4,10H2,1H3. The third-order valence-corrected chi connectivity index (χ3v) is 2.62. The Morgan fingerprint density at radius 1 is 1.79 bits per heavy atom. The number of hydrogen-bond acceptors (Lipinski definition) is 5. The number of carbonyl (C=O) groups is 1. The van der Waals surface area contributed by atoms with E-state index in [0.29, 0.717) is 12.2 Å². The van der Waals surface area contributed by atoms with Gasteiger partial charge in [-0.3, -0.25) is 0 Å². The van der Waals surface area contributed by atoms with Crippen molar-refractivity contribution in [3.8, 4) is 0 Å². The van der Waals surface area contributed by atoms with Crippen LogP contribution in [0.4, 0.5) is 0 Å². The molecule has 0 amide bonds. The van der Waals surface area contributed by atoms with Crippen LogP contribution in [0.3, 0.4) is 0 Å². The number of carbonyl (C=O) groups excluding carboxylic acids is 1. The zero-order valence-electron chi connectivity index (χ0n) is 7.95. The Balaban J connectivity index is 2.44. The highest BCUT2D eigenvalue weighted by Crippen LogP contribution is 2.33. The maximum atomic E-state index is 11.5. The van der Waals surface area contributed by atoms with E-state index in [4.69, 9.17) is 10.3 Å². The van der Waals surface area contributed by atoms with Gasteiger partial charge >= 0.3 is 5.97 Å². The molecule has 1 aromatic rings. The average molecular weight is 196 g/mol. The monoisotopic (exact) mass is 196 g/mol. The summed E-state index contributed by atoms with van der Waals surface area (Å²) in [6.45, 7) is 0. The molecule has 2 rings (SSSR count). The van der Waals surface area contributed by atoms with Gasteiger partial charge in [0.05, 0.1) is 13.3 Å². The minimum Gasteiger partial charge on any atom is -0.467 e. The molecule has 1 atom stereocenters. The molecule has 5 heteroatoms. The second kappa shape index (κ2) is 3.09. The molecule has 0 saturated carbocycles. The van der Waals surface area contributed by atoms with E-state index in [1.54, 1.807) is 6.20 Å². The number of esters is 1. The Bertz CT molecular complexity index is 361. The Labute approximate surface area is 81.2 Å². The van der Waals surface area contributed by atoms with Crippen LogP contribution < -0.4 is 5.73 Å². The van der Waals surface area contributed by atoms with E-state index < -0.39 is 11.5 Å². The smallest absolute Gasteiger partial charge is 0.333 e. The summed E-state index contributed by atoms with van der Waals surface area (Å²) >= 11 is 0. The van der Waals surface area contributed by atoms with Crippen LogP contribution in [-0.4, -0.2) is 18.2 Å². The maximum Gasteiger partial charge on any atom is 0.333 e. The lowest BCUT2D eigenvalue weighted by molar-refractivity contribution is -0.149. The first-order valence-electron chi connectivity index (χ1n) is 4.50. The second-order valence-electron chi connectivity index (χ2n) is 3.50. The fourth-order valence-corrected chi connectivity index (χ4v) is 1.85. The van der Waals surface area contributed by atoms with Gasteiger partial charge < -0.3 is 15.0 Å². The lowest BCUT2D eigenvalue weighted by atomic mass is 9.82. The molecule has 1 unspecified atom stereocenters. The van der Waals surface area contributed by atoms with E-state index in [1.807, 2.05) is 0 Å². The fraction of sp³-hybridized carbons (Fsp3) is 0.556. The number of aryl methyl sites for hydroxylation is 1. The number of rotatable bonds is 1. The van der Waals surface area contributed by atoms with Crippen LogP contribution in [0.1, 0.15) is 24.2 Å². The Morgan fingerprint density at radius 2 is 2.57 bits per heavy atom. The minimum atomic E-state index is -1.14. The first-order valence-corrected chi connectivity index (χ1v) is 4.50. The lowest BCUT2D eigenvalue weighted by Crippen LogP contribution is -2.47. The van der Waals surface area contributed by atoms with Gasteiger partial charge in [0.15, 0.2) is 11.3 Å². The lowest BCUT2D eigenvalue weighted by Gasteiger charge is -2.27. The van der Waals surface area contributed by atoms with Gasteiger partial charge in [-0.05, 0) is 19.3 Å². The number of ether oxygens (including phenoxy) is 1. The van der Waals surface area contributed by atoms with Crippen LogP contribution in [0.25, 0.3) is 0 Å². The summed E-state index contributed by atoms with van der Waals surface area (Å²) in [5.74, 6) is -0.00852. The zero-order valence-corrected chi connectivity index (χ0v) is 7.95. The zero-order chi connectivity index (χ0) is 10.2. The van der Waals surface area contributed by atoms with E-state index in [2.05, 4.69) is 9.89 Å². The highest BCUT2D eigenvalue weighted by molar-refractivity contribution is 5.82. The molecular weight excluding hydrogens is 184 g/mol. The molecule has 0 aliphatic heterocycles. The number of nitrogens with zero attached hydrogens (tertiary/aromatic N) is 1. The van der Waals surface area contributed by atoms with Gasteiger partial charge in [0, 0.05) is 5.56 Å². The van der Waals surface area contributed by atoms with E-state index in [9.17, 15) is 4.79 Å². The van der Waals surface area contributed by atoms with Gasteiger partial charge in [0.25, 0.3) is 0 Å². The van der Waals surface area contributed by atoms with Crippen LogP contribution >= 0.6 is 0 Å². The number of methoxy groups -OCH3 is 1. The van der Waals surface area contributed by atoms with Crippen molar-refractivity contribution in [3.63, 3.8) is 0 Å². The van der Waals surface area contributed by atoms with Gasteiger partial charge in [-0.2, -0.15) is 0 Å². The van der Waals surface area contributed by atoms with Crippen LogP contribution in [-0.2, 0) is 21.5 Å². The van der Waals surface area contributed by atoms with Gasteiger partial charge in [-0.15, -0.1) is 0 Å². The number of hydrogen-bond donors (Lipinski definition) is 1. The summed E-state index contributed by atoms with van der Waals surface area (Å²) in [6.07, 6.45) is 3.86. The average Bonchev–Trinajstić information content (AvgIpc) is 2.66. The minimum absolute atomic E-state index is 0.454. The largest absolute Gasteiger partial charge is 0.467 e. The van der Waals surface area contributed by atoms with Gasteiger partial charge in [0.2, 0.25) is 0 Å². The molecule has 0 spiro atoms. The molecule has 2 N–H and O–H groups in total. The summed E-state index contributed by atoms with van der Waals surface area (Å²) in [5, 5.41) is 3.65. The highest BCUT2D eigenvalue weighted by atomic mass is 16.5. The molecule has 1 heterocycles. The first-order chi connectivity index (χ1) is 6.68. The molecule has 0 radical (unpaired) electrons. The molecule has 0 bridgehead atoms. The summed E-state index contributed by atoms with van der Waals surface area (Å²) in [7, 11) is 1.32. The summed E-state index contributed by atoms with van der Waals surface area (Å²) < 4.78 is 9.69. The molecule has 1 aliphatic carbocycles. The van der Waals surface area contributed by atoms with Crippen molar-refractivity contribution in [1.82, 2.24) is 5.16 Å². The topological polar surface area (TPSA) is 78.4 Å². The second-order valence-corrected chi connectivity index (χ2v) is 3.50. The summed E-state index contributed by atoms with van der Waals surface area (Å²) in [6, 6.07) is 0. The molecule has 1 aliphatic rings. The first kappa shape index (κ1) is 9.21. The van der Waals surface area contributed by atoms with E-state index >= 15 is 0 Å². The summed E-state index contributed by atoms with van der Waals surface area (Å²) in [5.41, 5.74) is 5.73. The number of fused-ring (bicyclic) bond motifs is 1. The van der Waals surface area contributed by atoms with Gasteiger partial charge in [-0.1, -0.05) is 5.16 Å². The summed E-state index contributed by atoms with van der Waals surface area (Å²) in [4.78, 5) is 11.5. The van der Waals surface area contributed by atoms with Crippen molar-refractivity contribution < 1.29 is 14.1 Å². The molecular formula is C9H12N2O3. The van der Waals surface area contributed by atoms with Crippen molar-refractivity contribution in [2.24, 2.45) is 5.73 Å². The van der Waals surface area contributed by atoms with Crippen LogP contribution in [0.5, 0.6) is 0 Å². The SMILES string of the molecule is COC(=O)C1(N)CCCc2cnoc21. The van der Waals surface area contributed by atoms with Crippen LogP contribution in [0.15, 0.2) is 10.7 Å². The molecule has 0 aromatic carbocycles. The predicted octanol–water partition coefficient (Wildman–Crippen LogP) is 0.338. The maximum absolute atomic E-state index is 11.5. The third kappa shape index (κ3) is 1.13. The van der Waals surface area contributed by atoms with Gasteiger partial charge in [0.1, 0.15) is 0 Å². The van der Waals surface area contributed by atoms with Crippen LogP contribution in [0.2, 0.25) is 0 Å². The van der Waals surface area contributed by atoms with E-state index in [0.717, 1.165) is 18.4 Å². The highest BCUT2D eigenvalue weighted by Gasteiger charge is 2.44. The van der Waals surface area contributed by atoms with Crippen LogP contribution in [0, 0.1) is 0 Å². The fourth-order valence-electron chi connectivity index (χ4n) is 1.85. The normalized spacial score (nSPS) is 25.6. The molecule has 1 aromatic heterocycles. The van der Waals surface area contributed by atoms with Crippen molar-refractivity contribution in [1.29, 1.82) is 0 Å². The Hall–Kier alpha value is -1.36. The van der Waals surface area contributed by atoms with E-state index in [-0.39, 0.29) is 0 Å². The van der Waals surface area contributed by atoms with Crippen molar-refractivity contribution in [2.75, 3.05) is 7.11 Å². The molecule has 5 nitrogen and oxygen atoms in total. The Morgan fingerprint density at radius 3 is 3.29 bits per heavy atom. The molecule has 0 saturated heterocycles. The molecule has 76 valence electrons. The number of aromatic nitrogens is 1. The number of nitrogens with two attached hydrogens (primary N) is 1. The van der Waals surface area contributed by atoms with Gasteiger partial charge in [-0.25, -0.2) is 4.79 Å². The Kier molecular flexibility index (Phi) is 2.03. The van der Waals surface area contributed by atoms with E-state index in [1.165, 1.54) is 7.11 Å². The van der Waals surface area contributed by atoms with Crippen molar-refractivity contribution in [3.05, 3.63) is 17.5 Å². The van der Waals surface area contributed by atoms with Crippen molar-refractivity contribution in [2.45, 2.75) is 24.8 Å². The quantitative estimate of drug-likeness (QED) is 0.655.